The molecule has 1 aliphatic heterocycles. The third-order valence-electron chi connectivity index (χ3n) is 4.77. The number of amides is 1. The summed E-state index contributed by atoms with van der Waals surface area (Å²) in [5, 5.41) is 11.2. The lowest BCUT2D eigenvalue weighted by Crippen LogP contribution is -2.43. The summed E-state index contributed by atoms with van der Waals surface area (Å²) < 4.78 is 1.83. The number of fused-ring (bicyclic) bond motifs is 1. The highest BCUT2D eigenvalue weighted by Gasteiger charge is 2.25. The van der Waals surface area contributed by atoms with E-state index in [4.69, 9.17) is 0 Å². The maximum Gasteiger partial charge on any atom is 0.251 e. The SMILES string of the molecule is CCn1nnc2cc(C(=O)NCCN3CCCC(C)(C)C3)ccc21. The van der Waals surface area contributed by atoms with Crippen molar-refractivity contribution in [2.45, 2.75) is 40.2 Å². The second-order valence-electron chi connectivity index (χ2n) is 7.41. The highest BCUT2D eigenvalue weighted by molar-refractivity contribution is 5.97. The molecule has 1 fully saturated rings. The fourth-order valence-electron chi connectivity index (χ4n) is 3.51. The number of hydrogen-bond acceptors (Lipinski definition) is 4. The highest BCUT2D eigenvalue weighted by Crippen LogP contribution is 2.27. The predicted octanol–water partition coefficient (Wildman–Crippen LogP) is 2.30. The summed E-state index contributed by atoms with van der Waals surface area (Å²) in [5.74, 6) is -0.0424. The van der Waals surface area contributed by atoms with Crippen LogP contribution in [-0.4, -0.2) is 52.0 Å². The van der Waals surface area contributed by atoms with Gasteiger partial charge < -0.3 is 10.2 Å². The van der Waals surface area contributed by atoms with Crippen LogP contribution >= 0.6 is 0 Å². The van der Waals surface area contributed by atoms with E-state index in [9.17, 15) is 4.79 Å². The molecule has 0 spiro atoms. The van der Waals surface area contributed by atoms with Crippen molar-refractivity contribution in [1.29, 1.82) is 0 Å². The van der Waals surface area contributed by atoms with Crippen LogP contribution in [0, 0.1) is 5.41 Å². The van der Waals surface area contributed by atoms with Gasteiger partial charge >= 0.3 is 0 Å². The minimum atomic E-state index is -0.0424. The first kappa shape index (κ1) is 16.9. The van der Waals surface area contributed by atoms with Crippen molar-refractivity contribution in [2.75, 3.05) is 26.2 Å². The first-order valence-electron chi connectivity index (χ1n) is 8.82. The van der Waals surface area contributed by atoms with E-state index < -0.39 is 0 Å². The monoisotopic (exact) mass is 329 g/mol. The molecule has 1 saturated heterocycles. The molecule has 0 bridgehead atoms. The van der Waals surface area contributed by atoms with Crippen LogP contribution in [0.3, 0.4) is 0 Å². The van der Waals surface area contributed by atoms with E-state index in [0.717, 1.165) is 37.2 Å². The first-order chi connectivity index (χ1) is 11.5. The Balaban J connectivity index is 1.55. The van der Waals surface area contributed by atoms with Gasteiger partial charge in [-0.05, 0) is 49.9 Å². The van der Waals surface area contributed by atoms with Gasteiger partial charge in [-0.1, -0.05) is 19.1 Å². The third-order valence-corrected chi connectivity index (χ3v) is 4.77. The Kier molecular flexibility index (Phi) is 4.85. The lowest BCUT2D eigenvalue weighted by molar-refractivity contribution is 0.0925. The van der Waals surface area contributed by atoms with Gasteiger partial charge in [-0.15, -0.1) is 5.10 Å². The Hall–Kier alpha value is -1.95. The molecule has 2 aromatic rings. The highest BCUT2D eigenvalue weighted by atomic mass is 16.1. The summed E-state index contributed by atoms with van der Waals surface area (Å²) in [5.41, 5.74) is 2.76. The van der Waals surface area contributed by atoms with E-state index in [-0.39, 0.29) is 5.91 Å². The quantitative estimate of drug-likeness (QED) is 0.914. The Morgan fingerprint density at radius 2 is 2.21 bits per heavy atom. The van der Waals surface area contributed by atoms with Crippen molar-refractivity contribution >= 4 is 16.9 Å². The average Bonchev–Trinajstić information content (AvgIpc) is 2.96. The maximum atomic E-state index is 12.3. The third kappa shape index (κ3) is 3.75. The summed E-state index contributed by atoms with van der Waals surface area (Å²) in [7, 11) is 0. The molecule has 1 aromatic carbocycles. The average molecular weight is 329 g/mol. The Morgan fingerprint density at radius 1 is 1.38 bits per heavy atom. The minimum Gasteiger partial charge on any atom is -0.351 e. The van der Waals surface area contributed by atoms with E-state index in [0.29, 0.717) is 17.5 Å². The lowest BCUT2D eigenvalue weighted by atomic mass is 9.84. The number of aryl methyl sites for hydroxylation is 1. The lowest BCUT2D eigenvalue weighted by Gasteiger charge is -2.38. The smallest absolute Gasteiger partial charge is 0.251 e. The molecule has 6 heteroatoms. The molecule has 0 unspecified atom stereocenters. The number of nitrogens with zero attached hydrogens (tertiary/aromatic N) is 4. The van der Waals surface area contributed by atoms with E-state index in [1.54, 1.807) is 0 Å². The standard InChI is InChI=1S/C18H27N5O/c1-4-23-16-7-6-14(12-15(16)20-21-23)17(24)19-9-11-22-10-5-8-18(2,3)13-22/h6-7,12H,4-5,8-11,13H2,1-3H3,(H,19,24). The van der Waals surface area contributed by atoms with Gasteiger partial charge in [0.1, 0.15) is 5.52 Å². The van der Waals surface area contributed by atoms with Crippen molar-refractivity contribution in [3.63, 3.8) is 0 Å². The van der Waals surface area contributed by atoms with Gasteiger partial charge in [-0.2, -0.15) is 0 Å². The van der Waals surface area contributed by atoms with Gasteiger partial charge in [-0.3, -0.25) is 4.79 Å². The molecule has 1 amide bonds. The van der Waals surface area contributed by atoms with Crippen LogP contribution in [0.1, 0.15) is 44.0 Å². The first-order valence-corrected chi connectivity index (χ1v) is 8.82. The fourth-order valence-corrected chi connectivity index (χ4v) is 3.51. The van der Waals surface area contributed by atoms with Crippen molar-refractivity contribution in [3.8, 4) is 0 Å². The molecule has 1 aromatic heterocycles. The zero-order chi connectivity index (χ0) is 17.2. The van der Waals surface area contributed by atoms with Crippen LogP contribution in [0.15, 0.2) is 18.2 Å². The molecule has 2 heterocycles. The van der Waals surface area contributed by atoms with Gasteiger partial charge in [-0.25, -0.2) is 4.68 Å². The number of carbonyl (C=O) groups excluding carboxylic acids is 1. The molecule has 1 N–H and O–H groups in total. The van der Waals surface area contributed by atoms with Crippen molar-refractivity contribution in [1.82, 2.24) is 25.2 Å². The number of piperidine rings is 1. The molecule has 0 saturated carbocycles. The normalized spacial score (nSPS) is 18.0. The van der Waals surface area contributed by atoms with Crippen molar-refractivity contribution < 1.29 is 4.79 Å². The summed E-state index contributed by atoms with van der Waals surface area (Å²) in [6.45, 7) is 11.2. The Bertz CT molecular complexity index is 721. The molecule has 1 aliphatic rings. The summed E-state index contributed by atoms with van der Waals surface area (Å²) in [6.07, 6.45) is 2.53. The van der Waals surface area contributed by atoms with Crippen LogP contribution in [-0.2, 0) is 6.54 Å². The molecule has 24 heavy (non-hydrogen) atoms. The number of benzene rings is 1. The number of carbonyl (C=O) groups is 1. The zero-order valence-corrected chi connectivity index (χ0v) is 14.9. The van der Waals surface area contributed by atoms with Crippen molar-refractivity contribution in [3.05, 3.63) is 23.8 Å². The van der Waals surface area contributed by atoms with Crippen LogP contribution < -0.4 is 5.32 Å². The molecular formula is C18H27N5O. The molecule has 6 nitrogen and oxygen atoms in total. The van der Waals surface area contributed by atoms with Crippen LogP contribution in [0.2, 0.25) is 0 Å². The van der Waals surface area contributed by atoms with Crippen LogP contribution in [0.4, 0.5) is 0 Å². The topological polar surface area (TPSA) is 63.1 Å². The number of rotatable bonds is 5. The molecule has 0 aliphatic carbocycles. The zero-order valence-electron chi connectivity index (χ0n) is 14.9. The largest absolute Gasteiger partial charge is 0.351 e. The van der Waals surface area contributed by atoms with Crippen molar-refractivity contribution in [2.24, 2.45) is 5.41 Å². The molecule has 3 rings (SSSR count). The second-order valence-corrected chi connectivity index (χ2v) is 7.41. The summed E-state index contributed by atoms with van der Waals surface area (Å²) in [4.78, 5) is 14.8. The van der Waals surface area contributed by atoms with E-state index >= 15 is 0 Å². The second kappa shape index (κ2) is 6.89. The molecule has 0 atom stereocenters. The van der Waals surface area contributed by atoms with Gasteiger partial charge in [0, 0.05) is 31.7 Å². The molecule has 0 radical (unpaired) electrons. The molecular weight excluding hydrogens is 302 g/mol. The molecule has 130 valence electrons. The summed E-state index contributed by atoms with van der Waals surface area (Å²) >= 11 is 0. The van der Waals surface area contributed by atoms with Gasteiger partial charge in [0.05, 0.1) is 5.52 Å². The van der Waals surface area contributed by atoms with Gasteiger partial charge in [0.25, 0.3) is 5.91 Å². The van der Waals surface area contributed by atoms with Crippen LogP contribution in [0.25, 0.3) is 11.0 Å². The van der Waals surface area contributed by atoms with Gasteiger partial charge in [0.15, 0.2) is 0 Å². The number of hydrogen-bond donors (Lipinski definition) is 1. The Morgan fingerprint density at radius 3 is 2.96 bits per heavy atom. The number of aromatic nitrogens is 3. The number of likely N-dealkylation sites (tertiary alicyclic amines) is 1. The fraction of sp³-hybridized carbons (Fsp3) is 0.611. The van der Waals surface area contributed by atoms with E-state index in [1.807, 2.05) is 29.8 Å². The Labute approximate surface area is 143 Å². The van der Waals surface area contributed by atoms with E-state index in [1.165, 1.54) is 12.8 Å². The van der Waals surface area contributed by atoms with Crippen LogP contribution in [0.5, 0.6) is 0 Å². The minimum absolute atomic E-state index is 0.0424. The summed E-state index contributed by atoms with van der Waals surface area (Å²) in [6, 6.07) is 5.58. The number of nitrogens with one attached hydrogen (secondary N) is 1. The maximum absolute atomic E-state index is 12.3. The van der Waals surface area contributed by atoms with E-state index in [2.05, 4.69) is 34.4 Å². The van der Waals surface area contributed by atoms with Gasteiger partial charge in [0.2, 0.25) is 0 Å². The predicted molar refractivity (Wildman–Crippen MR) is 95.0 cm³/mol.